The second-order valence-electron chi connectivity index (χ2n) is 2.52. The zero-order valence-corrected chi connectivity index (χ0v) is 6.80. The van der Waals surface area contributed by atoms with Crippen LogP contribution >= 0.6 is 12.4 Å². The van der Waals surface area contributed by atoms with Crippen molar-refractivity contribution >= 4 is 12.4 Å². The number of nitrogens with two attached hydrogens (primary N) is 1. The number of halogens is 1. The Hall–Kier alpha value is -0.610. The quantitative estimate of drug-likeness (QED) is 0.723. The summed E-state index contributed by atoms with van der Waals surface area (Å²) in [6.45, 7) is 0.347. The Kier molecular flexibility index (Phi) is 2.46. The summed E-state index contributed by atoms with van der Waals surface area (Å²) in [5, 5.41) is 3.78. The number of nitrogens with zero attached hydrogens (tertiary/aromatic N) is 2. The van der Waals surface area contributed by atoms with E-state index in [9.17, 15) is 0 Å². The Labute approximate surface area is 70.6 Å². The van der Waals surface area contributed by atoms with E-state index in [4.69, 9.17) is 10.3 Å². The monoisotopic (exact) mass is 175 g/mol. The van der Waals surface area contributed by atoms with Gasteiger partial charge in [-0.2, -0.15) is 4.98 Å². The Morgan fingerprint density at radius 1 is 1.55 bits per heavy atom. The smallest absolute Gasteiger partial charge is 0.240 e. The van der Waals surface area contributed by atoms with Crippen molar-refractivity contribution in [1.82, 2.24) is 10.1 Å². The van der Waals surface area contributed by atoms with Gasteiger partial charge in [-0.15, -0.1) is 12.4 Å². The molecular formula is C6H10ClN3O. The molecule has 11 heavy (non-hydrogen) atoms. The molecule has 1 aliphatic carbocycles. The molecule has 0 spiro atoms. The van der Waals surface area contributed by atoms with E-state index in [-0.39, 0.29) is 12.4 Å². The molecule has 0 amide bonds. The standard InChI is InChI=1S/C6H9N3O.ClH/c7-3-5-8-6(9-10-5)4-1-2-4;/h4H,1-3,7H2;1H. The highest BCUT2D eigenvalue weighted by Crippen LogP contribution is 2.37. The molecule has 5 heteroatoms. The molecule has 2 N–H and O–H groups in total. The predicted octanol–water partition coefficient (Wildman–Crippen LogP) is 0.828. The highest BCUT2D eigenvalue weighted by Gasteiger charge is 2.28. The fourth-order valence-corrected chi connectivity index (χ4v) is 0.858. The third-order valence-corrected chi connectivity index (χ3v) is 1.60. The highest BCUT2D eigenvalue weighted by molar-refractivity contribution is 5.85. The van der Waals surface area contributed by atoms with Gasteiger partial charge in [0.1, 0.15) is 0 Å². The summed E-state index contributed by atoms with van der Waals surface area (Å²) in [5.74, 6) is 1.94. The third-order valence-electron chi connectivity index (χ3n) is 1.60. The lowest BCUT2D eigenvalue weighted by molar-refractivity contribution is 0.374. The van der Waals surface area contributed by atoms with Crippen molar-refractivity contribution in [2.75, 3.05) is 0 Å². The molecule has 0 unspecified atom stereocenters. The summed E-state index contributed by atoms with van der Waals surface area (Å²) in [6, 6.07) is 0. The summed E-state index contributed by atoms with van der Waals surface area (Å²) in [6.07, 6.45) is 2.40. The van der Waals surface area contributed by atoms with Crippen LogP contribution in [0.3, 0.4) is 0 Å². The fraction of sp³-hybridized carbons (Fsp3) is 0.667. The van der Waals surface area contributed by atoms with Crippen LogP contribution < -0.4 is 5.73 Å². The molecular weight excluding hydrogens is 166 g/mol. The first-order valence-corrected chi connectivity index (χ1v) is 3.42. The maximum absolute atomic E-state index is 5.29. The van der Waals surface area contributed by atoms with Crippen molar-refractivity contribution in [3.63, 3.8) is 0 Å². The van der Waals surface area contributed by atoms with Gasteiger partial charge in [0.05, 0.1) is 6.54 Å². The van der Waals surface area contributed by atoms with Crippen LogP contribution in [0.25, 0.3) is 0 Å². The topological polar surface area (TPSA) is 64.9 Å². The van der Waals surface area contributed by atoms with Crippen molar-refractivity contribution in [3.05, 3.63) is 11.7 Å². The molecule has 0 aliphatic heterocycles. The van der Waals surface area contributed by atoms with Crippen LogP contribution in [0.15, 0.2) is 4.52 Å². The largest absolute Gasteiger partial charge is 0.338 e. The van der Waals surface area contributed by atoms with E-state index in [1.54, 1.807) is 0 Å². The van der Waals surface area contributed by atoms with E-state index in [0.29, 0.717) is 18.4 Å². The number of hydrogen-bond acceptors (Lipinski definition) is 4. The van der Waals surface area contributed by atoms with Gasteiger partial charge < -0.3 is 10.3 Å². The molecule has 2 rings (SSSR count). The van der Waals surface area contributed by atoms with Gasteiger partial charge in [0.15, 0.2) is 5.82 Å². The fourth-order valence-electron chi connectivity index (χ4n) is 0.858. The number of rotatable bonds is 2. The second-order valence-corrected chi connectivity index (χ2v) is 2.52. The molecule has 4 nitrogen and oxygen atoms in total. The Balaban J connectivity index is 0.000000605. The highest BCUT2D eigenvalue weighted by atomic mass is 35.5. The molecule has 1 saturated carbocycles. The van der Waals surface area contributed by atoms with E-state index in [2.05, 4.69) is 10.1 Å². The number of hydrogen-bond donors (Lipinski definition) is 1. The SMILES string of the molecule is Cl.NCc1nc(C2CC2)no1. The van der Waals surface area contributed by atoms with Crippen LogP contribution in [0, 0.1) is 0 Å². The normalized spacial score (nSPS) is 16.1. The van der Waals surface area contributed by atoms with Crippen molar-refractivity contribution < 1.29 is 4.52 Å². The molecule has 0 saturated heterocycles. The molecule has 0 bridgehead atoms. The summed E-state index contributed by atoms with van der Waals surface area (Å²) in [5.41, 5.74) is 5.29. The van der Waals surface area contributed by atoms with E-state index >= 15 is 0 Å². The lowest BCUT2D eigenvalue weighted by Crippen LogP contribution is -1.95. The third kappa shape index (κ3) is 1.70. The summed E-state index contributed by atoms with van der Waals surface area (Å²) >= 11 is 0. The minimum atomic E-state index is 0. The van der Waals surface area contributed by atoms with Crippen molar-refractivity contribution in [3.8, 4) is 0 Å². The first kappa shape index (κ1) is 8.49. The van der Waals surface area contributed by atoms with Gasteiger partial charge in [0.2, 0.25) is 5.89 Å². The van der Waals surface area contributed by atoms with Gasteiger partial charge in [-0.1, -0.05) is 5.16 Å². The molecule has 1 aliphatic rings. The first-order valence-electron chi connectivity index (χ1n) is 3.42. The Morgan fingerprint density at radius 3 is 2.73 bits per heavy atom. The van der Waals surface area contributed by atoms with Gasteiger partial charge in [-0.05, 0) is 12.8 Å². The maximum atomic E-state index is 5.29. The van der Waals surface area contributed by atoms with Gasteiger partial charge in [-0.3, -0.25) is 0 Å². The second kappa shape index (κ2) is 3.19. The van der Waals surface area contributed by atoms with Crippen LogP contribution in [0.4, 0.5) is 0 Å². The average molecular weight is 176 g/mol. The van der Waals surface area contributed by atoms with E-state index < -0.39 is 0 Å². The molecule has 0 atom stereocenters. The lowest BCUT2D eigenvalue weighted by Gasteiger charge is -1.79. The van der Waals surface area contributed by atoms with Crippen molar-refractivity contribution in [2.45, 2.75) is 25.3 Å². The molecule has 0 aromatic carbocycles. The van der Waals surface area contributed by atoms with Crippen molar-refractivity contribution in [2.24, 2.45) is 5.73 Å². The number of aromatic nitrogens is 2. The predicted molar refractivity (Wildman–Crippen MR) is 41.4 cm³/mol. The molecule has 1 aromatic rings. The Bertz CT molecular complexity index is 233. The van der Waals surface area contributed by atoms with Crippen LogP contribution in [-0.4, -0.2) is 10.1 Å². The molecule has 1 fully saturated rings. The van der Waals surface area contributed by atoms with Crippen LogP contribution in [0.1, 0.15) is 30.5 Å². The minimum Gasteiger partial charge on any atom is -0.338 e. The van der Waals surface area contributed by atoms with E-state index in [1.165, 1.54) is 12.8 Å². The van der Waals surface area contributed by atoms with E-state index in [0.717, 1.165) is 5.82 Å². The van der Waals surface area contributed by atoms with E-state index in [1.807, 2.05) is 0 Å². The zero-order chi connectivity index (χ0) is 6.97. The van der Waals surface area contributed by atoms with Crippen LogP contribution in [0.2, 0.25) is 0 Å². The maximum Gasteiger partial charge on any atom is 0.240 e. The van der Waals surface area contributed by atoms with Gasteiger partial charge in [-0.25, -0.2) is 0 Å². The molecule has 0 radical (unpaired) electrons. The first-order chi connectivity index (χ1) is 4.90. The molecule has 1 aromatic heterocycles. The average Bonchev–Trinajstić information content (AvgIpc) is 2.70. The van der Waals surface area contributed by atoms with Crippen molar-refractivity contribution in [1.29, 1.82) is 0 Å². The van der Waals surface area contributed by atoms with Gasteiger partial charge in [0, 0.05) is 5.92 Å². The summed E-state index contributed by atoms with van der Waals surface area (Å²) < 4.78 is 4.83. The van der Waals surface area contributed by atoms with Crippen LogP contribution in [-0.2, 0) is 6.54 Å². The molecule has 62 valence electrons. The molecule has 1 heterocycles. The van der Waals surface area contributed by atoms with Gasteiger partial charge in [0.25, 0.3) is 0 Å². The zero-order valence-electron chi connectivity index (χ0n) is 5.99. The van der Waals surface area contributed by atoms with Crippen LogP contribution in [0.5, 0.6) is 0 Å². The summed E-state index contributed by atoms with van der Waals surface area (Å²) in [4.78, 5) is 4.09. The lowest BCUT2D eigenvalue weighted by atomic mass is 10.4. The van der Waals surface area contributed by atoms with Gasteiger partial charge >= 0.3 is 0 Å². The summed E-state index contributed by atoms with van der Waals surface area (Å²) in [7, 11) is 0. The Morgan fingerprint density at radius 2 is 2.27 bits per heavy atom. The minimum absolute atomic E-state index is 0.